The first-order chi connectivity index (χ1) is 10.2. The molecule has 0 aliphatic carbocycles. The van der Waals surface area contributed by atoms with Crippen molar-refractivity contribution in [3.05, 3.63) is 57.6 Å². The summed E-state index contributed by atoms with van der Waals surface area (Å²) in [6.45, 7) is 2.65. The van der Waals surface area contributed by atoms with Crippen molar-refractivity contribution in [2.24, 2.45) is 0 Å². The minimum Gasteiger partial charge on any atom is -0.486 e. The van der Waals surface area contributed by atoms with Gasteiger partial charge in [0.25, 0.3) is 0 Å². The molecule has 0 unspecified atom stereocenters. The molecule has 0 amide bonds. The zero-order valence-corrected chi connectivity index (χ0v) is 12.9. The van der Waals surface area contributed by atoms with Crippen molar-refractivity contribution >= 4 is 23.2 Å². The third-order valence-corrected chi connectivity index (χ3v) is 3.62. The van der Waals surface area contributed by atoms with Gasteiger partial charge in [-0.3, -0.25) is 0 Å². The number of halogens is 2. The van der Waals surface area contributed by atoms with E-state index in [0.29, 0.717) is 29.8 Å². The van der Waals surface area contributed by atoms with Gasteiger partial charge in [-0.05, 0) is 41.5 Å². The van der Waals surface area contributed by atoms with E-state index in [1.54, 1.807) is 6.07 Å². The zero-order chi connectivity index (χ0) is 14.7. The predicted octanol–water partition coefficient (Wildman–Crippen LogP) is 4.05. The van der Waals surface area contributed by atoms with Crippen molar-refractivity contribution in [2.45, 2.75) is 13.1 Å². The van der Waals surface area contributed by atoms with Crippen LogP contribution >= 0.6 is 23.2 Å². The average Bonchev–Trinajstić information content (AvgIpc) is 2.46. The SMILES string of the molecule is Clc1cc(Cl)cc(CNCc2ccc3c(c2)OCCO3)c1. The maximum Gasteiger partial charge on any atom is 0.161 e. The van der Waals surface area contributed by atoms with Gasteiger partial charge in [0.2, 0.25) is 0 Å². The first-order valence-electron chi connectivity index (χ1n) is 6.75. The van der Waals surface area contributed by atoms with Crippen LogP contribution in [0.25, 0.3) is 0 Å². The number of ether oxygens (including phenoxy) is 2. The van der Waals surface area contributed by atoms with E-state index in [4.69, 9.17) is 32.7 Å². The number of nitrogens with one attached hydrogen (secondary N) is 1. The molecule has 21 heavy (non-hydrogen) atoms. The van der Waals surface area contributed by atoms with E-state index in [-0.39, 0.29) is 0 Å². The van der Waals surface area contributed by atoms with Crippen LogP contribution in [-0.4, -0.2) is 13.2 Å². The smallest absolute Gasteiger partial charge is 0.161 e. The van der Waals surface area contributed by atoms with Crippen LogP contribution in [0.15, 0.2) is 36.4 Å². The minimum absolute atomic E-state index is 0.602. The molecule has 1 aliphatic heterocycles. The Kier molecular flexibility index (Phi) is 4.54. The lowest BCUT2D eigenvalue weighted by Gasteiger charge is -2.19. The Morgan fingerprint density at radius 1 is 0.810 bits per heavy atom. The lowest BCUT2D eigenvalue weighted by Crippen LogP contribution is -2.16. The highest BCUT2D eigenvalue weighted by atomic mass is 35.5. The Bertz CT molecular complexity index is 626. The quantitative estimate of drug-likeness (QED) is 0.920. The van der Waals surface area contributed by atoms with Gasteiger partial charge < -0.3 is 14.8 Å². The Labute approximate surface area is 133 Å². The first kappa shape index (κ1) is 14.5. The molecule has 0 spiro atoms. The fraction of sp³-hybridized carbons (Fsp3) is 0.250. The molecule has 110 valence electrons. The topological polar surface area (TPSA) is 30.5 Å². The van der Waals surface area contributed by atoms with Crippen molar-refractivity contribution in [2.75, 3.05) is 13.2 Å². The molecule has 0 aromatic heterocycles. The second-order valence-electron chi connectivity index (χ2n) is 4.86. The number of benzene rings is 2. The highest BCUT2D eigenvalue weighted by Gasteiger charge is 2.11. The summed E-state index contributed by atoms with van der Waals surface area (Å²) in [6, 6.07) is 11.5. The number of rotatable bonds is 4. The Morgan fingerprint density at radius 2 is 1.48 bits per heavy atom. The molecular weight excluding hydrogens is 309 g/mol. The molecule has 2 aromatic carbocycles. The van der Waals surface area contributed by atoms with E-state index < -0.39 is 0 Å². The van der Waals surface area contributed by atoms with Gasteiger partial charge in [0.15, 0.2) is 11.5 Å². The number of hydrogen-bond donors (Lipinski definition) is 1. The average molecular weight is 324 g/mol. The summed E-state index contributed by atoms with van der Waals surface area (Å²) in [6.07, 6.45) is 0. The van der Waals surface area contributed by atoms with E-state index in [9.17, 15) is 0 Å². The van der Waals surface area contributed by atoms with E-state index in [0.717, 1.165) is 29.2 Å². The molecule has 3 nitrogen and oxygen atoms in total. The molecule has 0 radical (unpaired) electrons. The van der Waals surface area contributed by atoms with E-state index >= 15 is 0 Å². The Balaban J connectivity index is 1.60. The van der Waals surface area contributed by atoms with E-state index in [1.165, 1.54) is 0 Å². The van der Waals surface area contributed by atoms with Crippen LogP contribution in [0, 0.1) is 0 Å². The summed E-state index contributed by atoms with van der Waals surface area (Å²) < 4.78 is 11.1. The van der Waals surface area contributed by atoms with Gasteiger partial charge in [0, 0.05) is 23.1 Å². The van der Waals surface area contributed by atoms with Crippen LogP contribution in [0.5, 0.6) is 11.5 Å². The number of hydrogen-bond acceptors (Lipinski definition) is 3. The molecule has 1 N–H and O–H groups in total. The van der Waals surface area contributed by atoms with Crippen LogP contribution in [-0.2, 0) is 13.1 Å². The maximum absolute atomic E-state index is 5.98. The lowest BCUT2D eigenvalue weighted by atomic mass is 10.1. The second kappa shape index (κ2) is 6.56. The summed E-state index contributed by atoms with van der Waals surface area (Å²) in [5.41, 5.74) is 2.21. The molecule has 0 atom stereocenters. The zero-order valence-electron chi connectivity index (χ0n) is 11.4. The molecule has 2 aromatic rings. The fourth-order valence-electron chi connectivity index (χ4n) is 2.26. The number of fused-ring (bicyclic) bond motifs is 1. The Hall–Kier alpha value is -1.42. The monoisotopic (exact) mass is 323 g/mol. The molecule has 0 saturated carbocycles. The summed E-state index contributed by atoms with van der Waals surface area (Å²) in [7, 11) is 0. The first-order valence-corrected chi connectivity index (χ1v) is 7.50. The van der Waals surface area contributed by atoms with Crippen molar-refractivity contribution in [3.8, 4) is 11.5 Å². The van der Waals surface area contributed by atoms with Crippen molar-refractivity contribution in [1.82, 2.24) is 5.32 Å². The highest BCUT2D eigenvalue weighted by Crippen LogP contribution is 2.30. The molecule has 0 bridgehead atoms. The third-order valence-electron chi connectivity index (χ3n) is 3.19. The molecule has 3 rings (SSSR count). The van der Waals surface area contributed by atoms with Crippen LogP contribution in [0.4, 0.5) is 0 Å². The predicted molar refractivity (Wildman–Crippen MR) is 84.4 cm³/mol. The van der Waals surface area contributed by atoms with Gasteiger partial charge in [0.1, 0.15) is 13.2 Å². The van der Waals surface area contributed by atoms with Crippen LogP contribution in [0.1, 0.15) is 11.1 Å². The summed E-state index contributed by atoms with van der Waals surface area (Å²) in [5.74, 6) is 1.62. The minimum atomic E-state index is 0.602. The fourth-order valence-corrected chi connectivity index (χ4v) is 2.83. The standard InChI is InChI=1S/C16H15Cl2NO2/c17-13-5-12(6-14(18)8-13)10-19-9-11-1-2-15-16(7-11)21-4-3-20-15/h1-2,5-8,19H,3-4,9-10H2. The van der Waals surface area contributed by atoms with E-state index in [1.807, 2.05) is 30.3 Å². The third kappa shape index (κ3) is 3.82. The second-order valence-corrected chi connectivity index (χ2v) is 5.73. The van der Waals surface area contributed by atoms with Gasteiger partial charge >= 0.3 is 0 Å². The normalized spacial score (nSPS) is 13.2. The van der Waals surface area contributed by atoms with Crippen molar-refractivity contribution in [3.63, 3.8) is 0 Å². The van der Waals surface area contributed by atoms with Crippen LogP contribution in [0.2, 0.25) is 10.0 Å². The van der Waals surface area contributed by atoms with Crippen molar-refractivity contribution < 1.29 is 9.47 Å². The largest absolute Gasteiger partial charge is 0.486 e. The van der Waals surface area contributed by atoms with Crippen molar-refractivity contribution in [1.29, 1.82) is 0 Å². The lowest BCUT2D eigenvalue weighted by molar-refractivity contribution is 0.171. The van der Waals surface area contributed by atoms with Gasteiger partial charge in [-0.2, -0.15) is 0 Å². The van der Waals surface area contributed by atoms with Crippen LogP contribution in [0.3, 0.4) is 0 Å². The molecular formula is C16H15Cl2NO2. The highest BCUT2D eigenvalue weighted by molar-refractivity contribution is 6.34. The van der Waals surface area contributed by atoms with Crippen LogP contribution < -0.4 is 14.8 Å². The Morgan fingerprint density at radius 3 is 2.24 bits per heavy atom. The maximum atomic E-state index is 5.98. The van der Waals surface area contributed by atoms with Gasteiger partial charge in [-0.15, -0.1) is 0 Å². The van der Waals surface area contributed by atoms with E-state index in [2.05, 4.69) is 5.32 Å². The molecule has 1 heterocycles. The summed E-state index contributed by atoms with van der Waals surface area (Å²) in [4.78, 5) is 0. The van der Waals surface area contributed by atoms with Gasteiger partial charge in [0.05, 0.1) is 0 Å². The van der Waals surface area contributed by atoms with Gasteiger partial charge in [-0.1, -0.05) is 29.3 Å². The molecule has 1 aliphatic rings. The molecule has 0 saturated heterocycles. The summed E-state index contributed by atoms with van der Waals surface area (Å²) >= 11 is 12.0. The van der Waals surface area contributed by atoms with Gasteiger partial charge in [-0.25, -0.2) is 0 Å². The summed E-state index contributed by atoms with van der Waals surface area (Å²) in [5, 5.41) is 4.67. The molecule has 5 heteroatoms. The molecule has 0 fully saturated rings.